The van der Waals surface area contributed by atoms with Gasteiger partial charge in [0.1, 0.15) is 6.33 Å². The zero-order chi connectivity index (χ0) is 6.69. The van der Waals surface area contributed by atoms with Crippen LogP contribution in [-0.2, 0) is 5.75 Å². The molecule has 0 radical (unpaired) electrons. The standard InChI is InChI=1S/C6H8N2S.ClH/c1-5-2-6(3-9)8-4-7-5;/h2,4,9H,3H2,1H3;1H. The van der Waals surface area contributed by atoms with Gasteiger partial charge < -0.3 is 0 Å². The van der Waals surface area contributed by atoms with Crippen molar-refractivity contribution >= 4 is 25.0 Å². The van der Waals surface area contributed by atoms with Crippen LogP contribution >= 0.6 is 25.0 Å². The molecule has 1 aromatic heterocycles. The third-order valence-corrected chi connectivity index (χ3v) is 1.35. The van der Waals surface area contributed by atoms with Crippen LogP contribution in [0.3, 0.4) is 0 Å². The second kappa shape index (κ2) is 4.52. The van der Waals surface area contributed by atoms with Gasteiger partial charge in [-0.25, -0.2) is 9.97 Å². The SMILES string of the molecule is Cc1cc(CS)ncn1.Cl. The Hall–Kier alpha value is -0.280. The normalized spacial score (nSPS) is 8.60. The van der Waals surface area contributed by atoms with E-state index < -0.39 is 0 Å². The van der Waals surface area contributed by atoms with E-state index in [0.717, 1.165) is 11.4 Å². The third-order valence-electron chi connectivity index (χ3n) is 1.02. The molecule has 4 heteroatoms. The van der Waals surface area contributed by atoms with Crippen LogP contribution in [0.25, 0.3) is 0 Å². The first-order valence-corrected chi connectivity index (χ1v) is 3.34. The lowest BCUT2D eigenvalue weighted by Crippen LogP contribution is -1.88. The topological polar surface area (TPSA) is 25.8 Å². The van der Waals surface area contributed by atoms with Gasteiger partial charge in [0, 0.05) is 11.4 Å². The fourth-order valence-corrected chi connectivity index (χ4v) is 0.769. The first-order valence-electron chi connectivity index (χ1n) is 2.71. The van der Waals surface area contributed by atoms with E-state index >= 15 is 0 Å². The second-order valence-electron chi connectivity index (χ2n) is 1.81. The van der Waals surface area contributed by atoms with Crippen LogP contribution in [0.4, 0.5) is 0 Å². The molecule has 0 saturated heterocycles. The monoisotopic (exact) mass is 176 g/mol. The Balaban J connectivity index is 0.000000810. The van der Waals surface area contributed by atoms with Crippen molar-refractivity contribution in [3.8, 4) is 0 Å². The first kappa shape index (κ1) is 9.72. The van der Waals surface area contributed by atoms with Crippen LogP contribution in [0.5, 0.6) is 0 Å². The van der Waals surface area contributed by atoms with Crippen LogP contribution in [0.15, 0.2) is 12.4 Å². The minimum absolute atomic E-state index is 0. The Morgan fingerprint density at radius 3 is 2.60 bits per heavy atom. The highest BCUT2D eigenvalue weighted by Crippen LogP contribution is 1.98. The van der Waals surface area contributed by atoms with Crippen molar-refractivity contribution in [2.45, 2.75) is 12.7 Å². The summed E-state index contributed by atoms with van der Waals surface area (Å²) in [6, 6.07) is 1.92. The van der Waals surface area contributed by atoms with Crippen LogP contribution in [0, 0.1) is 6.92 Å². The van der Waals surface area contributed by atoms with Gasteiger partial charge in [0.15, 0.2) is 0 Å². The summed E-state index contributed by atoms with van der Waals surface area (Å²) < 4.78 is 0. The van der Waals surface area contributed by atoms with Gasteiger partial charge in [-0.05, 0) is 13.0 Å². The number of aryl methyl sites for hydroxylation is 1. The summed E-state index contributed by atoms with van der Waals surface area (Å²) in [5.74, 6) is 0.684. The average Bonchev–Trinajstić information content (AvgIpc) is 1.88. The zero-order valence-corrected chi connectivity index (χ0v) is 7.32. The summed E-state index contributed by atoms with van der Waals surface area (Å²) in [6.07, 6.45) is 1.56. The van der Waals surface area contributed by atoms with Gasteiger partial charge >= 0.3 is 0 Å². The number of nitrogens with zero attached hydrogens (tertiary/aromatic N) is 2. The maximum Gasteiger partial charge on any atom is 0.115 e. The average molecular weight is 177 g/mol. The molecule has 0 atom stereocenters. The molecule has 0 amide bonds. The molecule has 1 aromatic rings. The van der Waals surface area contributed by atoms with Gasteiger partial charge in [0.05, 0.1) is 5.69 Å². The second-order valence-corrected chi connectivity index (χ2v) is 2.13. The summed E-state index contributed by atoms with van der Waals surface area (Å²) in [5, 5.41) is 0. The molecular formula is C6H9ClN2S. The van der Waals surface area contributed by atoms with E-state index in [2.05, 4.69) is 22.6 Å². The lowest BCUT2D eigenvalue weighted by molar-refractivity contribution is 1.04. The molecule has 0 saturated carbocycles. The van der Waals surface area contributed by atoms with Crippen molar-refractivity contribution in [1.82, 2.24) is 9.97 Å². The van der Waals surface area contributed by atoms with E-state index in [4.69, 9.17) is 0 Å². The van der Waals surface area contributed by atoms with Crippen molar-refractivity contribution in [3.05, 3.63) is 23.8 Å². The quantitative estimate of drug-likeness (QED) is 0.659. The first-order chi connectivity index (χ1) is 4.33. The largest absolute Gasteiger partial charge is 0.242 e. The van der Waals surface area contributed by atoms with Crippen LogP contribution in [0.2, 0.25) is 0 Å². The Morgan fingerprint density at radius 1 is 1.50 bits per heavy atom. The molecular weight excluding hydrogens is 168 g/mol. The molecule has 0 aliphatic heterocycles. The predicted molar refractivity (Wildman–Crippen MR) is 46.7 cm³/mol. The van der Waals surface area contributed by atoms with E-state index in [9.17, 15) is 0 Å². The Labute approximate surface area is 71.9 Å². The van der Waals surface area contributed by atoms with E-state index in [1.54, 1.807) is 6.33 Å². The van der Waals surface area contributed by atoms with Crippen LogP contribution in [0.1, 0.15) is 11.4 Å². The lowest BCUT2D eigenvalue weighted by Gasteiger charge is -1.93. The van der Waals surface area contributed by atoms with Gasteiger partial charge in [0.25, 0.3) is 0 Å². The van der Waals surface area contributed by atoms with Gasteiger partial charge in [-0.1, -0.05) is 0 Å². The van der Waals surface area contributed by atoms with Crippen LogP contribution < -0.4 is 0 Å². The molecule has 56 valence electrons. The summed E-state index contributed by atoms with van der Waals surface area (Å²) in [6.45, 7) is 1.94. The number of halogens is 1. The van der Waals surface area contributed by atoms with Crippen molar-refractivity contribution in [3.63, 3.8) is 0 Å². The molecule has 0 aromatic carbocycles. The molecule has 10 heavy (non-hydrogen) atoms. The molecule has 0 bridgehead atoms. The molecule has 0 N–H and O–H groups in total. The summed E-state index contributed by atoms with van der Waals surface area (Å²) in [5.41, 5.74) is 1.97. The van der Waals surface area contributed by atoms with E-state index in [-0.39, 0.29) is 12.4 Å². The van der Waals surface area contributed by atoms with Crippen LogP contribution in [-0.4, -0.2) is 9.97 Å². The maximum absolute atomic E-state index is 4.07. The van der Waals surface area contributed by atoms with Gasteiger partial charge in [-0.2, -0.15) is 12.6 Å². The van der Waals surface area contributed by atoms with Gasteiger partial charge in [0.2, 0.25) is 0 Å². The molecule has 2 nitrogen and oxygen atoms in total. The molecule has 0 fully saturated rings. The molecule has 1 rings (SSSR count). The summed E-state index contributed by atoms with van der Waals surface area (Å²) >= 11 is 4.07. The smallest absolute Gasteiger partial charge is 0.115 e. The number of hydrogen-bond donors (Lipinski definition) is 1. The van der Waals surface area contributed by atoms with E-state index in [1.165, 1.54) is 0 Å². The minimum Gasteiger partial charge on any atom is -0.242 e. The summed E-state index contributed by atoms with van der Waals surface area (Å²) in [7, 11) is 0. The Kier molecular flexibility index (Phi) is 4.40. The maximum atomic E-state index is 4.07. The van der Waals surface area contributed by atoms with Crippen molar-refractivity contribution in [2.75, 3.05) is 0 Å². The number of rotatable bonds is 1. The Bertz CT molecular complexity index is 205. The summed E-state index contributed by atoms with van der Waals surface area (Å²) in [4.78, 5) is 7.91. The minimum atomic E-state index is 0. The molecule has 0 aliphatic rings. The fourth-order valence-electron chi connectivity index (χ4n) is 0.596. The zero-order valence-electron chi connectivity index (χ0n) is 5.61. The van der Waals surface area contributed by atoms with Crippen molar-refractivity contribution in [1.29, 1.82) is 0 Å². The predicted octanol–water partition coefficient (Wildman–Crippen LogP) is 1.64. The van der Waals surface area contributed by atoms with E-state index in [1.807, 2.05) is 13.0 Å². The molecule has 0 spiro atoms. The highest BCUT2D eigenvalue weighted by atomic mass is 35.5. The lowest BCUT2D eigenvalue weighted by atomic mass is 10.4. The van der Waals surface area contributed by atoms with Crippen molar-refractivity contribution < 1.29 is 0 Å². The van der Waals surface area contributed by atoms with Gasteiger partial charge in [-0.3, -0.25) is 0 Å². The van der Waals surface area contributed by atoms with Crippen molar-refractivity contribution in [2.24, 2.45) is 0 Å². The number of aromatic nitrogens is 2. The third kappa shape index (κ3) is 2.54. The fraction of sp³-hybridized carbons (Fsp3) is 0.333. The number of hydrogen-bond acceptors (Lipinski definition) is 3. The number of thiol groups is 1. The molecule has 1 heterocycles. The molecule has 0 unspecified atom stereocenters. The van der Waals surface area contributed by atoms with Gasteiger partial charge in [-0.15, -0.1) is 12.4 Å². The highest BCUT2D eigenvalue weighted by molar-refractivity contribution is 7.79. The Morgan fingerprint density at radius 2 is 2.20 bits per heavy atom. The van der Waals surface area contributed by atoms with E-state index in [0.29, 0.717) is 5.75 Å². The molecule has 0 aliphatic carbocycles. The highest BCUT2D eigenvalue weighted by Gasteiger charge is 1.89.